The molecule has 0 aliphatic heterocycles. The lowest BCUT2D eigenvalue weighted by Gasteiger charge is -2.42. The number of aromatic nitrogens is 2. The number of hydrogen-bond acceptors (Lipinski definition) is 6. The van der Waals surface area contributed by atoms with E-state index in [2.05, 4.69) is 36.2 Å². The molecule has 1 aromatic rings. The molecule has 0 saturated heterocycles. The van der Waals surface area contributed by atoms with Gasteiger partial charge in [-0.1, -0.05) is 25.9 Å². The maximum absolute atomic E-state index is 12.5. The first kappa shape index (κ1) is 22.2. The number of nitrogens with zero attached hydrogens (tertiary/aromatic N) is 2. The number of rotatable bonds is 5. The van der Waals surface area contributed by atoms with E-state index in [0.29, 0.717) is 24.6 Å². The number of amides is 1. The van der Waals surface area contributed by atoms with Crippen LogP contribution >= 0.6 is 0 Å². The standard InChI is InChI=1S/C20H33N3O5/c1-18(2,3)13-9-11-20(12-10-13,22-17(26)27-19(4,5)6)16-21-14(28-23-16)7-8-15(24)25/h13H,7-12H2,1-6H3,(H,22,26)(H,24,25). The van der Waals surface area contributed by atoms with Crippen LogP contribution < -0.4 is 5.32 Å². The Morgan fingerprint density at radius 2 is 1.82 bits per heavy atom. The zero-order chi connectivity index (χ0) is 21.2. The van der Waals surface area contributed by atoms with Gasteiger partial charge in [0.15, 0.2) is 5.82 Å². The van der Waals surface area contributed by atoms with E-state index in [4.69, 9.17) is 14.4 Å². The van der Waals surface area contributed by atoms with Crippen molar-refractivity contribution in [2.45, 2.75) is 91.2 Å². The van der Waals surface area contributed by atoms with E-state index in [0.717, 1.165) is 12.8 Å². The highest BCUT2D eigenvalue weighted by molar-refractivity contribution is 5.69. The molecular weight excluding hydrogens is 362 g/mol. The van der Waals surface area contributed by atoms with Gasteiger partial charge >= 0.3 is 12.1 Å². The topological polar surface area (TPSA) is 115 Å². The molecule has 0 radical (unpaired) electrons. The van der Waals surface area contributed by atoms with Crippen molar-refractivity contribution in [1.29, 1.82) is 0 Å². The van der Waals surface area contributed by atoms with Gasteiger partial charge in [-0.3, -0.25) is 4.79 Å². The van der Waals surface area contributed by atoms with Crippen molar-refractivity contribution in [3.63, 3.8) is 0 Å². The average Bonchev–Trinajstić information content (AvgIpc) is 3.00. The summed E-state index contributed by atoms with van der Waals surface area (Å²) in [6.07, 6.45) is 2.74. The van der Waals surface area contributed by atoms with Crippen LogP contribution in [0.15, 0.2) is 4.52 Å². The van der Waals surface area contributed by atoms with Crippen molar-refractivity contribution in [3.8, 4) is 0 Å². The van der Waals surface area contributed by atoms with Crippen LogP contribution in [-0.4, -0.2) is 32.9 Å². The number of carboxylic acid groups (broad SMARTS) is 1. The highest BCUT2D eigenvalue weighted by atomic mass is 16.6. The van der Waals surface area contributed by atoms with Gasteiger partial charge in [-0.15, -0.1) is 0 Å². The molecule has 1 aliphatic carbocycles. The minimum Gasteiger partial charge on any atom is -0.481 e. The molecule has 0 atom stereocenters. The van der Waals surface area contributed by atoms with Crippen molar-refractivity contribution in [2.24, 2.45) is 11.3 Å². The van der Waals surface area contributed by atoms with Gasteiger partial charge in [0.2, 0.25) is 5.89 Å². The van der Waals surface area contributed by atoms with Gasteiger partial charge in [0.05, 0.1) is 6.42 Å². The number of ether oxygens (including phenoxy) is 1. The largest absolute Gasteiger partial charge is 0.481 e. The van der Waals surface area contributed by atoms with Gasteiger partial charge in [0.1, 0.15) is 11.1 Å². The van der Waals surface area contributed by atoms with Crippen molar-refractivity contribution in [2.75, 3.05) is 0 Å². The normalized spacial score (nSPS) is 23.3. The van der Waals surface area contributed by atoms with Crippen molar-refractivity contribution >= 4 is 12.1 Å². The lowest BCUT2D eigenvalue weighted by Crippen LogP contribution is -2.51. The number of carbonyl (C=O) groups excluding carboxylic acids is 1. The van der Waals surface area contributed by atoms with Gasteiger partial charge in [-0.05, 0) is 57.8 Å². The van der Waals surface area contributed by atoms with Crippen LogP contribution in [0.5, 0.6) is 0 Å². The van der Waals surface area contributed by atoms with E-state index in [9.17, 15) is 9.59 Å². The molecule has 0 bridgehead atoms. The molecular formula is C20H33N3O5. The Bertz CT molecular complexity index is 691. The first-order chi connectivity index (χ1) is 12.8. The van der Waals surface area contributed by atoms with Crippen LogP contribution in [0.25, 0.3) is 0 Å². The molecule has 1 amide bonds. The molecule has 8 nitrogen and oxygen atoms in total. The van der Waals surface area contributed by atoms with Crippen LogP contribution in [0.3, 0.4) is 0 Å². The van der Waals surface area contributed by atoms with E-state index in [1.807, 2.05) is 20.8 Å². The van der Waals surface area contributed by atoms with Crippen molar-refractivity contribution in [3.05, 3.63) is 11.7 Å². The molecule has 1 saturated carbocycles. The summed E-state index contributed by atoms with van der Waals surface area (Å²) in [5.74, 6) is 0.262. The molecule has 0 spiro atoms. The summed E-state index contributed by atoms with van der Waals surface area (Å²) < 4.78 is 10.7. The van der Waals surface area contributed by atoms with E-state index in [-0.39, 0.29) is 24.1 Å². The second-order valence-electron chi connectivity index (χ2n) is 9.75. The maximum atomic E-state index is 12.5. The fraction of sp³-hybridized carbons (Fsp3) is 0.800. The second kappa shape index (κ2) is 8.09. The van der Waals surface area contributed by atoms with Crippen LogP contribution in [-0.2, 0) is 21.5 Å². The van der Waals surface area contributed by atoms with Gasteiger partial charge in [0, 0.05) is 6.42 Å². The van der Waals surface area contributed by atoms with Crippen LogP contribution in [0, 0.1) is 11.3 Å². The lowest BCUT2D eigenvalue weighted by molar-refractivity contribution is -0.137. The molecule has 2 N–H and O–H groups in total. The number of aryl methyl sites for hydroxylation is 1. The monoisotopic (exact) mass is 395 g/mol. The smallest absolute Gasteiger partial charge is 0.408 e. The molecule has 28 heavy (non-hydrogen) atoms. The Balaban J connectivity index is 2.22. The molecule has 0 aromatic carbocycles. The molecule has 1 fully saturated rings. The quantitative estimate of drug-likeness (QED) is 0.773. The van der Waals surface area contributed by atoms with Gasteiger partial charge < -0.3 is 19.7 Å². The van der Waals surface area contributed by atoms with E-state index in [1.54, 1.807) is 0 Å². The highest BCUT2D eigenvalue weighted by Gasteiger charge is 2.45. The number of nitrogens with one attached hydrogen (secondary N) is 1. The number of carbonyl (C=O) groups is 2. The molecule has 0 unspecified atom stereocenters. The fourth-order valence-electron chi connectivity index (χ4n) is 3.64. The molecule has 8 heteroatoms. The lowest BCUT2D eigenvalue weighted by atomic mass is 9.67. The Morgan fingerprint density at radius 1 is 1.21 bits per heavy atom. The van der Waals surface area contributed by atoms with Crippen LogP contribution in [0.1, 0.15) is 85.4 Å². The minimum atomic E-state index is -0.924. The summed E-state index contributed by atoms with van der Waals surface area (Å²) in [5.41, 5.74) is -1.20. The molecule has 1 heterocycles. The van der Waals surface area contributed by atoms with E-state index >= 15 is 0 Å². The SMILES string of the molecule is CC(C)(C)OC(=O)NC1(c2noc(CCC(=O)O)n2)CCC(C(C)(C)C)CC1. The van der Waals surface area contributed by atoms with Gasteiger partial charge in [-0.25, -0.2) is 4.79 Å². The van der Waals surface area contributed by atoms with Crippen LogP contribution in [0.4, 0.5) is 4.79 Å². The number of aliphatic carboxylic acids is 1. The summed E-state index contributed by atoms with van der Waals surface area (Å²) in [6.45, 7) is 12.1. The van der Waals surface area contributed by atoms with Crippen molar-refractivity contribution in [1.82, 2.24) is 15.5 Å². The first-order valence-corrected chi connectivity index (χ1v) is 9.87. The molecule has 2 rings (SSSR count). The predicted octanol–water partition coefficient (Wildman–Crippen LogP) is 4.04. The maximum Gasteiger partial charge on any atom is 0.408 e. The molecule has 158 valence electrons. The molecule has 1 aromatic heterocycles. The zero-order valence-electron chi connectivity index (χ0n) is 17.8. The van der Waals surface area contributed by atoms with Crippen LogP contribution in [0.2, 0.25) is 0 Å². The molecule has 1 aliphatic rings. The number of hydrogen-bond donors (Lipinski definition) is 2. The Hall–Kier alpha value is -2.12. The third kappa shape index (κ3) is 5.94. The van der Waals surface area contributed by atoms with Gasteiger partial charge in [0.25, 0.3) is 0 Å². The first-order valence-electron chi connectivity index (χ1n) is 9.87. The highest BCUT2D eigenvalue weighted by Crippen LogP contribution is 2.45. The Kier molecular flexibility index (Phi) is 6.41. The summed E-state index contributed by atoms with van der Waals surface area (Å²) in [5, 5.41) is 15.9. The van der Waals surface area contributed by atoms with Crippen molar-refractivity contribution < 1.29 is 24.0 Å². The van der Waals surface area contributed by atoms with E-state index < -0.39 is 23.2 Å². The predicted molar refractivity (Wildman–Crippen MR) is 103 cm³/mol. The fourth-order valence-corrected chi connectivity index (χ4v) is 3.64. The third-order valence-corrected chi connectivity index (χ3v) is 5.25. The second-order valence-corrected chi connectivity index (χ2v) is 9.75. The summed E-state index contributed by atoms with van der Waals surface area (Å²) in [7, 11) is 0. The minimum absolute atomic E-state index is 0.0831. The summed E-state index contributed by atoms with van der Waals surface area (Å²) in [4.78, 5) is 27.7. The Morgan fingerprint density at radius 3 is 2.32 bits per heavy atom. The average molecular weight is 396 g/mol. The Labute approximate surface area is 166 Å². The number of carboxylic acids is 1. The number of alkyl carbamates (subject to hydrolysis) is 1. The summed E-state index contributed by atoms with van der Waals surface area (Å²) in [6, 6.07) is 0. The van der Waals surface area contributed by atoms with Gasteiger partial charge in [-0.2, -0.15) is 4.98 Å². The summed E-state index contributed by atoms with van der Waals surface area (Å²) >= 11 is 0. The zero-order valence-corrected chi connectivity index (χ0v) is 17.8. The van der Waals surface area contributed by atoms with E-state index in [1.165, 1.54) is 0 Å². The third-order valence-electron chi connectivity index (χ3n) is 5.25.